The van der Waals surface area contributed by atoms with E-state index in [2.05, 4.69) is 12.2 Å². The van der Waals surface area contributed by atoms with Crippen LogP contribution in [-0.2, 0) is 11.2 Å². The summed E-state index contributed by atoms with van der Waals surface area (Å²) in [6.07, 6.45) is -0.0412. The van der Waals surface area contributed by atoms with Crippen molar-refractivity contribution in [2.24, 2.45) is 11.6 Å². The summed E-state index contributed by atoms with van der Waals surface area (Å²) in [5, 5.41) is 9.89. The minimum absolute atomic E-state index is 0.0412. The van der Waals surface area contributed by atoms with Crippen LogP contribution in [0.15, 0.2) is 24.3 Å². The quantitative estimate of drug-likeness (QED) is 0.282. The monoisotopic (exact) mass is 225 g/mol. The van der Waals surface area contributed by atoms with Gasteiger partial charge in [-0.05, 0) is 18.3 Å². The van der Waals surface area contributed by atoms with Gasteiger partial charge in [0.15, 0.2) is 5.11 Å². The average Bonchev–Trinajstić information content (AvgIpc) is 2.20. The number of hydrazine groups is 1. The van der Waals surface area contributed by atoms with Crippen LogP contribution < -0.4 is 11.6 Å². The van der Waals surface area contributed by atoms with Crippen LogP contribution >= 0.6 is 12.2 Å². The lowest BCUT2D eigenvalue weighted by Gasteiger charge is -2.14. The molecule has 0 spiro atoms. The normalized spacial score (nSPS) is 9.67. The molecule has 80 valence electrons. The molecule has 0 aliphatic heterocycles. The van der Waals surface area contributed by atoms with E-state index in [0.29, 0.717) is 10.6 Å². The van der Waals surface area contributed by atoms with Crippen molar-refractivity contribution in [1.29, 1.82) is 0 Å². The molecule has 0 saturated heterocycles. The molecule has 5 N–H and O–H groups in total. The van der Waals surface area contributed by atoms with Crippen molar-refractivity contribution in [3.05, 3.63) is 29.8 Å². The van der Waals surface area contributed by atoms with Gasteiger partial charge in [-0.2, -0.15) is 0 Å². The standard InChI is InChI=1S/C9H11N3O2S/c10-9(15)12(11)8(14)5-6-3-1-2-4-7(6)13/h1-4,13H,5,11H2,(H2,10,15). The van der Waals surface area contributed by atoms with E-state index in [9.17, 15) is 9.90 Å². The SMILES string of the molecule is NC(=S)N(N)C(=O)Cc1ccccc1O. The number of nitrogens with zero attached hydrogens (tertiary/aromatic N) is 1. The Morgan fingerprint density at radius 1 is 1.47 bits per heavy atom. The van der Waals surface area contributed by atoms with Crippen molar-refractivity contribution >= 4 is 23.2 Å². The van der Waals surface area contributed by atoms with Crippen LogP contribution in [-0.4, -0.2) is 21.1 Å². The van der Waals surface area contributed by atoms with E-state index in [1.807, 2.05) is 0 Å². The topological polar surface area (TPSA) is 92.6 Å². The smallest absolute Gasteiger partial charge is 0.247 e. The lowest BCUT2D eigenvalue weighted by atomic mass is 10.1. The number of thiocarbonyl (C=S) groups is 1. The number of phenols is 1. The Kier molecular flexibility index (Phi) is 3.59. The van der Waals surface area contributed by atoms with E-state index in [-0.39, 0.29) is 17.3 Å². The van der Waals surface area contributed by atoms with Crippen LogP contribution in [0.25, 0.3) is 0 Å². The number of para-hydroxylation sites is 1. The fraction of sp³-hybridized carbons (Fsp3) is 0.111. The van der Waals surface area contributed by atoms with Gasteiger partial charge in [-0.25, -0.2) is 10.9 Å². The van der Waals surface area contributed by atoms with E-state index >= 15 is 0 Å². The number of hydrogen-bond donors (Lipinski definition) is 3. The van der Waals surface area contributed by atoms with Gasteiger partial charge >= 0.3 is 0 Å². The van der Waals surface area contributed by atoms with Crippen molar-refractivity contribution in [2.45, 2.75) is 6.42 Å². The van der Waals surface area contributed by atoms with E-state index < -0.39 is 5.91 Å². The van der Waals surface area contributed by atoms with Gasteiger partial charge in [0, 0.05) is 5.56 Å². The van der Waals surface area contributed by atoms with Gasteiger partial charge < -0.3 is 10.8 Å². The van der Waals surface area contributed by atoms with E-state index in [4.69, 9.17) is 11.6 Å². The third kappa shape index (κ3) is 2.90. The highest BCUT2D eigenvalue weighted by Crippen LogP contribution is 2.16. The van der Waals surface area contributed by atoms with Gasteiger partial charge in [-0.15, -0.1) is 0 Å². The molecule has 5 nitrogen and oxygen atoms in total. The summed E-state index contributed by atoms with van der Waals surface area (Å²) in [6.45, 7) is 0. The zero-order valence-corrected chi connectivity index (χ0v) is 8.70. The molecule has 15 heavy (non-hydrogen) atoms. The summed E-state index contributed by atoms with van der Waals surface area (Å²) >= 11 is 4.54. The molecule has 0 aliphatic carbocycles. The van der Waals surface area contributed by atoms with Crippen LogP contribution in [0.3, 0.4) is 0 Å². The molecule has 0 unspecified atom stereocenters. The first kappa shape index (κ1) is 11.4. The Balaban J connectivity index is 2.75. The van der Waals surface area contributed by atoms with Gasteiger partial charge in [0.25, 0.3) is 0 Å². The van der Waals surface area contributed by atoms with Gasteiger partial charge in [-0.1, -0.05) is 18.2 Å². The van der Waals surface area contributed by atoms with E-state index in [0.717, 1.165) is 0 Å². The Bertz CT molecular complexity index is 395. The molecule has 0 fully saturated rings. The maximum Gasteiger partial charge on any atom is 0.247 e. The summed E-state index contributed by atoms with van der Waals surface area (Å²) in [4.78, 5) is 11.4. The van der Waals surface area contributed by atoms with Crippen molar-refractivity contribution < 1.29 is 9.90 Å². The second-order valence-corrected chi connectivity index (χ2v) is 3.33. The molecule has 1 rings (SSSR count). The summed E-state index contributed by atoms with van der Waals surface area (Å²) < 4.78 is 0. The van der Waals surface area contributed by atoms with Gasteiger partial charge in [0.05, 0.1) is 6.42 Å². The molecule has 6 heteroatoms. The number of benzene rings is 1. The first-order chi connectivity index (χ1) is 7.02. The molecule has 0 heterocycles. The Labute approximate surface area is 92.3 Å². The van der Waals surface area contributed by atoms with Crippen LogP contribution in [0, 0.1) is 0 Å². The third-order valence-corrected chi connectivity index (χ3v) is 2.04. The molecule has 1 aromatic rings. The Hall–Kier alpha value is -1.66. The highest BCUT2D eigenvalue weighted by molar-refractivity contribution is 7.80. The van der Waals surface area contributed by atoms with E-state index in [1.165, 1.54) is 6.07 Å². The highest BCUT2D eigenvalue weighted by atomic mass is 32.1. The van der Waals surface area contributed by atoms with Crippen LogP contribution in [0.4, 0.5) is 0 Å². The first-order valence-corrected chi connectivity index (χ1v) is 4.57. The lowest BCUT2D eigenvalue weighted by Crippen LogP contribution is -2.46. The molecule has 0 bridgehead atoms. The predicted molar refractivity (Wildman–Crippen MR) is 59.6 cm³/mol. The summed E-state index contributed by atoms with van der Waals surface area (Å²) in [7, 11) is 0. The van der Waals surface area contributed by atoms with Crippen molar-refractivity contribution in [1.82, 2.24) is 5.01 Å². The zero-order chi connectivity index (χ0) is 11.4. The highest BCUT2D eigenvalue weighted by Gasteiger charge is 2.14. The van der Waals surface area contributed by atoms with E-state index in [1.54, 1.807) is 18.2 Å². The summed E-state index contributed by atoms with van der Waals surface area (Å²) in [6, 6.07) is 6.49. The minimum atomic E-state index is -0.469. The van der Waals surface area contributed by atoms with Crippen molar-refractivity contribution in [3.63, 3.8) is 0 Å². The number of hydrogen-bond acceptors (Lipinski definition) is 4. The maximum absolute atomic E-state index is 11.4. The molecule has 1 aromatic carbocycles. The van der Waals surface area contributed by atoms with Gasteiger partial charge in [0.1, 0.15) is 5.75 Å². The molecular formula is C9H11N3O2S. The Morgan fingerprint density at radius 3 is 2.60 bits per heavy atom. The fourth-order valence-electron chi connectivity index (χ4n) is 1.03. The van der Waals surface area contributed by atoms with Crippen molar-refractivity contribution in [2.75, 3.05) is 0 Å². The van der Waals surface area contributed by atoms with Gasteiger partial charge in [-0.3, -0.25) is 4.79 Å². The third-order valence-electron chi connectivity index (χ3n) is 1.84. The number of nitrogens with two attached hydrogens (primary N) is 2. The fourth-order valence-corrected chi connectivity index (χ4v) is 1.13. The Morgan fingerprint density at radius 2 is 2.07 bits per heavy atom. The molecule has 0 saturated carbocycles. The van der Waals surface area contributed by atoms with Crippen LogP contribution in [0.2, 0.25) is 0 Å². The maximum atomic E-state index is 11.4. The number of carbonyl (C=O) groups is 1. The summed E-state index contributed by atoms with van der Waals surface area (Å²) in [5.74, 6) is 4.87. The minimum Gasteiger partial charge on any atom is -0.508 e. The second kappa shape index (κ2) is 4.72. The number of amides is 1. The van der Waals surface area contributed by atoms with Crippen LogP contribution in [0.1, 0.15) is 5.56 Å². The first-order valence-electron chi connectivity index (χ1n) is 4.16. The molecule has 0 aliphatic rings. The van der Waals surface area contributed by atoms with Gasteiger partial charge in [0.2, 0.25) is 5.91 Å². The van der Waals surface area contributed by atoms with Crippen LogP contribution in [0.5, 0.6) is 5.75 Å². The number of aromatic hydroxyl groups is 1. The lowest BCUT2D eigenvalue weighted by molar-refractivity contribution is -0.126. The number of carbonyl (C=O) groups excluding carboxylic acids is 1. The molecule has 0 aromatic heterocycles. The molecule has 0 radical (unpaired) electrons. The van der Waals surface area contributed by atoms with Crippen molar-refractivity contribution in [3.8, 4) is 5.75 Å². The molecular weight excluding hydrogens is 214 g/mol. The molecule has 0 atom stereocenters. The molecule has 1 amide bonds. The average molecular weight is 225 g/mol. The largest absolute Gasteiger partial charge is 0.508 e. The number of rotatable bonds is 2. The zero-order valence-electron chi connectivity index (χ0n) is 7.88. The second-order valence-electron chi connectivity index (χ2n) is 2.91. The number of phenolic OH excluding ortho intramolecular Hbond substituents is 1. The predicted octanol–water partition coefficient (Wildman–Crippen LogP) is -0.119. The summed E-state index contributed by atoms with van der Waals surface area (Å²) in [5.41, 5.74) is 5.66.